The molecule has 2 aliphatic heterocycles. The maximum Gasteiger partial charge on any atom is 0.124 e. The van der Waals surface area contributed by atoms with Crippen molar-refractivity contribution in [1.29, 1.82) is 0 Å². The zero-order valence-electron chi connectivity index (χ0n) is 12.0. The van der Waals surface area contributed by atoms with Gasteiger partial charge in [-0.2, -0.15) is 0 Å². The van der Waals surface area contributed by atoms with Crippen LogP contribution in [-0.4, -0.2) is 32.3 Å². The second-order valence-electron chi connectivity index (χ2n) is 6.26. The van der Waals surface area contributed by atoms with Crippen molar-refractivity contribution in [3.8, 4) is 0 Å². The molecule has 1 saturated carbocycles. The highest BCUT2D eigenvalue weighted by Crippen LogP contribution is 2.53. The van der Waals surface area contributed by atoms with Crippen LogP contribution in [-0.2, 0) is 4.74 Å². The highest BCUT2D eigenvalue weighted by atomic mass is 16.5. The molecular weight excluding hydrogens is 266 g/mol. The molecule has 1 unspecified atom stereocenters. The Labute approximate surface area is 123 Å². The summed E-state index contributed by atoms with van der Waals surface area (Å²) in [5.74, 6) is 0.727. The molecule has 1 aromatic heterocycles. The number of aliphatic hydroxyl groups is 1. The molecule has 0 amide bonds. The Hall–Kier alpha value is -1.72. The standard InChI is InChI=1S/C16H19N3O2/c1-11(16-7-12(8-16)10-21-16)19-9-14(17-18-19)15(20)13-5-3-2-4-6-13/h2-6,9,11-12,15,20H,7-8,10H2,1H3/t11?,12?,15-,16?/m1/s1. The first-order valence-corrected chi connectivity index (χ1v) is 7.47. The van der Waals surface area contributed by atoms with E-state index in [1.165, 1.54) is 0 Å². The number of hydrogen-bond acceptors (Lipinski definition) is 4. The van der Waals surface area contributed by atoms with Crippen molar-refractivity contribution >= 4 is 0 Å². The summed E-state index contributed by atoms with van der Waals surface area (Å²) in [5.41, 5.74) is 1.35. The van der Waals surface area contributed by atoms with Crippen molar-refractivity contribution in [3.63, 3.8) is 0 Å². The predicted molar refractivity (Wildman–Crippen MR) is 76.6 cm³/mol. The van der Waals surface area contributed by atoms with E-state index in [0.29, 0.717) is 5.69 Å². The Morgan fingerprint density at radius 3 is 2.76 bits per heavy atom. The van der Waals surface area contributed by atoms with Crippen molar-refractivity contribution in [1.82, 2.24) is 15.0 Å². The molecule has 5 rings (SSSR count). The van der Waals surface area contributed by atoms with E-state index in [1.54, 1.807) is 0 Å². The van der Waals surface area contributed by atoms with Crippen LogP contribution in [0.3, 0.4) is 0 Å². The molecule has 3 heterocycles. The van der Waals surface area contributed by atoms with Gasteiger partial charge in [0.1, 0.15) is 11.8 Å². The third kappa shape index (κ3) is 2.00. The first kappa shape index (κ1) is 13.0. The summed E-state index contributed by atoms with van der Waals surface area (Å²) in [6, 6.07) is 9.68. The number of hydrogen-bond donors (Lipinski definition) is 1. The van der Waals surface area contributed by atoms with Gasteiger partial charge >= 0.3 is 0 Å². The summed E-state index contributed by atoms with van der Waals surface area (Å²) >= 11 is 0. The number of benzene rings is 1. The van der Waals surface area contributed by atoms with Crippen molar-refractivity contribution < 1.29 is 9.84 Å². The Morgan fingerprint density at radius 2 is 2.10 bits per heavy atom. The zero-order valence-corrected chi connectivity index (χ0v) is 12.0. The lowest BCUT2D eigenvalue weighted by atomic mass is 9.71. The first-order valence-electron chi connectivity index (χ1n) is 7.47. The molecule has 3 fully saturated rings. The van der Waals surface area contributed by atoms with Gasteiger partial charge in [0.15, 0.2) is 0 Å². The SMILES string of the molecule is CC(n1cc([C@H](O)c2ccccc2)nn1)C12CC(CO1)C2. The second-order valence-corrected chi connectivity index (χ2v) is 6.26. The molecule has 1 aromatic carbocycles. The Bertz CT molecular complexity index is 628. The summed E-state index contributed by atoms with van der Waals surface area (Å²) in [6.45, 7) is 2.99. The average Bonchev–Trinajstić information content (AvgIpc) is 3.21. The van der Waals surface area contributed by atoms with Crippen LogP contribution in [0.5, 0.6) is 0 Å². The molecule has 2 atom stereocenters. The number of aromatic nitrogens is 3. The van der Waals surface area contributed by atoms with E-state index in [2.05, 4.69) is 17.2 Å². The van der Waals surface area contributed by atoms with Crippen LogP contribution in [0.2, 0.25) is 0 Å². The van der Waals surface area contributed by atoms with Gasteiger partial charge < -0.3 is 9.84 Å². The second kappa shape index (κ2) is 4.64. The van der Waals surface area contributed by atoms with Crippen molar-refractivity contribution in [2.24, 2.45) is 5.92 Å². The van der Waals surface area contributed by atoms with Gasteiger partial charge in [-0.25, -0.2) is 4.68 Å². The third-order valence-electron chi connectivity index (χ3n) is 4.96. The average molecular weight is 285 g/mol. The maximum atomic E-state index is 10.4. The van der Waals surface area contributed by atoms with Gasteiger partial charge in [-0.3, -0.25) is 0 Å². The summed E-state index contributed by atoms with van der Waals surface area (Å²) in [7, 11) is 0. The molecule has 1 N–H and O–H groups in total. The molecule has 0 radical (unpaired) electrons. The number of fused-ring (bicyclic) bond motifs is 1. The van der Waals surface area contributed by atoms with E-state index in [0.717, 1.165) is 30.9 Å². The number of rotatable bonds is 4. The molecule has 110 valence electrons. The van der Waals surface area contributed by atoms with E-state index in [9.17, 15) is 5.11 Å². The zero-order chi connectivity index (χ0) is 14.4. The van der Waals surface area contributed by atoms with E-state index in [1.807, 2.05) is 41.2 Å². The summed E-state index contributed by atoms with van der Waals surface area (Å²) in [4.78, 5) is 0. The minimum Gasteiger partial charge on any atom is -0.382 e. The molecule has 2 aromatic rings. The third-order valence-corrected chi connectivity index (χ3v) is 4.96. The Balaban J connectivity index is 1.56. The van der Waals surface area contributed by atoms with E-state index in [-0.39, 0.29) is 11.6 Å². The fourth-order valence-corrected chi connectivity index (χ4v) is 3.55. The minimum atomic E-state index is -0.733. The normalized spacial score (nSPS) is 29.9. The van der Waals surface area contributed by atoms with Crippen LogP contribution in [0, 0.1) is 5.92 Å². The lowest BCUT2D eigenvalue weighted by Crippen LogP contribution is -2.44. The Kier molecular flexibility index (Phi) is 2.87. The van der Waals surface area contributed by atoms with Crippen LogP contribution in [0.4, 0.5) is 0 Å². The highest BCUT2D eigenvalue weighted by molar-refractivity contribution is 5.24. The smallest absolute Gasteiger partial charge is 0.124 e. The quantitative estimate of drug-likeness (QED) is 0.934. The van der Waals surface area contributed by atoms with E-state index < -0.39 is 6.10 Å². The number of nitrogens with zero attached hydrogens (tertiary/aromatic N) is 3. The van der Waals surface area contributed by atoms with Crippen LogP contribution in [0.1, 0.15) is 43.2 Å². The van der Waals surface area contributed by atoms with Crippen LogP contribution in [0.25, 0.3) is 0 Å². The minimum absolute atomic E-state index is 0.0622. The van der Waals surface area contributed by atoms with Gasteiger partial charge in [0, 0.05) is 0 Å². The predicted octanol–water partition coefficient (Wildman–Crippen LogP) is 2.10. The van der Waals surface area contributed by atoms with Crippen LogP contribution in [0.15, 0.2) is 36.5 Å². The van der Waals surface area contributed by atoms with Gasteiger partial charge in [-0.15, -0.1) is 5.10 Å². The van der Waals surface area contributed by atoms with E-state index in [4.69, 9.17) is 4.74 Å². The molecule has 5 heteroatoms. The van der Waals surface area contributed by atoms with Gasteiger partial charge in [0.2, 0.25) is 0 Å². The topological polar surface area (TPSA) is 60.2 Å². The summed E-state index contributed by atoms with van der Waals surface area (Å²) in [5, 5.41) is 18.7. The monoisotopic (exact) mass is 285 g/mol. The van der Waals surface area contributed by atoms with E-state index >= 15 is 0 Å². The highest BCUT2D eigenvalue weighted by Gasteiger charge is 2.56. The van der Waals surface area contributed by atoms with Crippen LogP contribution >= 0.6 is 0 Å². The van der Waals surface area contributed by atoms with Crippen molar-refractivity contribution in [2.75, 3.05) is 6.61 Å². The summed E-state index contributed by atoms with van der Waals surface area (Å²) < 4.78 is 7.77. The molecule has 21 heavy (non-hydrogen) atoms. The molecule has 5 nitrogen and oxygen atoms in total. The molecule has 2 bridgehead atoms. The van der Waals surface area contributed by atoms with Gasteiger partial charge in [-0.1, -0.05) is 35.5 Å². The molecule has 3 aliphatic rings. The molecule has 2 saturated heterocycles. The van der Waals surface area contributed by atoms with Gasteiger partial charge in [0.25, 0.3) is 0 Å². The van der Waals surface area contributed by atoms with Gasteiger partial charge in [0.05, 0.1) is 24.4 Å². The lowest BCUT2D eigenvalue weighted by Gasteiger charge is -2.40. The maximum absolute atomic E-state index is 10.4. The Morgan fingerprint density at radius 1 is 1.33 bits per heavy atom. The number of ether oxygens (including phenoxy) is 1. The van der Waals surface area contributed by atoms with Crippen molar-refractivity contribution in [3.05, 3.63) is 47.8 Å². The first-order chi connectivity index (χ1) is 10.2. The molecule has 1 aliphatic carbocycles. The fourth-order valence-electron chi connectivity index (χ4n) is 3.55. The molecule has 0 spiro atoms. The fraction of sp³-hybridized carbons (Fsp3) is 0.500. The van der Waals surface area contributed by atoms with Gasteiger partial charge in [-0.05, 0) is 31.2 Å². The summed E-state index contributed by atoms with van der Waals surface area (Å²) in [6.07, 6.45) is 3.34. The van der Waals surface area contributed by atoms with Crippen molar-refractivity contribution in [2.45, 2.75) is 37.5 Å². The molecular formula is C16H19N3O2. The lowest BCUT2D eigenvalue weighted by molar-refractivity contribution is -0.0434. The number of aliphatic hydroxyl groups excluding tert-OH is 1. The van der Waals surface area contributed by atoms with Crippen LogP contribution < -0.4 is 0 Å². The largest absolute Gasteiger partial charge is 0.382 e.